The van der Waals surface area contributed by atoms with Crippen LogP contribution in [0.15, 0.2) is 29.2 Å². The molecule has 1 amide bonds. The highest BCUT2D eigenvalue weighted by molar-refractivity contribution is 7.89. The standard InChI is InChI=1S/C21H32N2O4S/c1-22(19-7-3-2-4-8-19)28(26,27)20-11-9-18(10-12-20)21(25)23-14-5-6-17(16-23)13-15-24/h9-12,17,19,24H,2-8,13-16H2,1H3/t17-/m0/s1. The van der Waals surface area contributed by atoms with Crippen molar-refractivity contribution in [2.45, 2.75) is 62.3 Å². The molecule has 2 aliphatic rings. The second-order valence-electron chi connectivity index (χ2n) is 8.11. The molecule has 1 N–H and O–H groups in total. The molecule has 7 heteroatoms. The Balaban J connectivity index is 1.69. The molecule has 0 spiro atoms. The van der Waals surface area contributed by atoms with Gasteiger partial charge in [-0.15, -0.1) is 0 Å². The molecule has 28 heavy (non-hydrogen) atoms. The number of sulfonamides is 1. The second-order valence-corrected chi connectivity index (χ2v) is 10.1. The lowest BCUT2D eigenvalue weighted by Gasteiger charge is -2.32. The monoisotopic (exact) mass is 408 g/mol. The minimum Gasteiger partial charge on any atom is -0.396 e. The maximum Gasteiger partial charge on any atom is 0.253 e. The molecule has 1 aliphatic carbocycles. The van der Waals surface area contributed by atoms with Gasteiger partial charge >= 0.3 is 0 Å². The van der Waals surface area contributed by atoms with Crippen molar-refractivity contribution >= 4 is 15.9 Å². The molecule has 156 valence electrons. The average Bonchev–Trinajstić information content (AvgIpc) is 2.74. The van der Waals surface area contributed by atoms with E-state index in [1.54, 1.807) is 31.3 Å². The highest BCUT2D eigenvalue weighted by Crippen LogP contribution is 2.27. The number of aliphatic hydroxyl groups excluding tert-OH is 1. The van der Waals surface area contributed by atoms with Crippen LogP contribution in [0.4, 0.5) is 0 Å². The van der Waals surface area contributed by atoms with Gasteiger partial charge in [0, 0.05) is 38.3 Å². The van der Waals surface area contributed by atoms with Crippen molar-refractivity contribution < 1.29 is 18.3 Å². The molecule has 1 saturated carbocycles. The van der Waals surface area contributed by atoms with Crippen LogP contribution in [0.3, 0.4) is 0 Å². The summed E-state index contributed by atoms with van der Waals surface area (Å²) in [5.74, 6) is 0.277. The third kappa shape index (κ3) is 4.75. The Morgan fingerprint density at radius 1 is 1.11 bits per heavy atom. The first-order valence-corrected chi connectivity index (χ1v) is 11.9. The van der Waals surface area contributed by atoms with Gasteiger partial charge in [-0.1, -0.05) is 19.3 Å². The predicted octanol–water partition coefficient (Wildman–Crippen LogP) is 2.87. The van der Waals surface area contributed by atoms with Crippen LogP contribution in [0.2, 0.25) is 0 Å². The molecule has 0 aromatic heterocycles. The first-order chi connectivity index (χ1) is 13.4. The highest BCUT2D eigenvalue weighted by Gasteiger charge is 2.29. The molecular formula is C21H32N2O4S. The van der Waals surface area contributed by atoms with E-state index in [1.165, 1.54) is 10.7 Å². The lowest BCUT2D eigenvalue weighted by atomic mass is 9.94. The Morgan fingerprint density at radius 2 is 1.79 bits per heavy atom. The summed E-state index contributed by atoms with van der Waals surface area (Å²) in [5, 5.41) is 9.14. The van der Waals surface area contributed by atoms with Gasteiger partial charge in [0.2, 0.25) is 10.0 Å². The smallest absolute Gasteiger partial charge is 0.253 e. The van der Waals surface area contributed by atoms with E-state index < -0.39 is 10.0 Å². The molecule has 1 aromatic rings. The minimum atomic E-state index is -3.54. The summed E-state index contributed by atoms with van der Waals surface area (Å²) in [4.78, 5) is 14.9. The number of piperidine rings is 1. The van der Waals surface area contributed by atoms with Crippen molar-refractivity contribution in [2.24, 2.45) is 5.92 Å². The summed E-state index contributed by atoms with van der Waals surface area (Å²) in [6.45, 7) is 1.52. The highest BCUT2D eigenvalue weighted by atomic mass is 32.2. The number of carbonyl (C=O) groups is 1. The summed E-state index contributed by atoms with van der Waals surface area (Å²) in [5.41, 5.74) is 0.518. The summed E-state index contributed by atoms with van der Waals surface area (Å²) in [6.07, 6.45) is 7.85. The molecule has 0 unspecified atom stereocenters. The van der Waals surface area contributed by atoms with Crippen LogP contribution in [0, 0.1) is 5.92 Å². The summed E-state index contributed by atoms with van der Waals surface area (Å²) >= 11 is 0. The largest absolute Gasteiger partial charge is 0.396 e. The zero-order chi connectivity index (χ0) is 20.1. The van der Waals surface area contributed by atoms with Crippen LogP contribution in [0.1, 0.15) is 61.7 Å². The van der Waals surface area contributed by atoms with Gasteiger partial charge in [-0.3, -0.25) is 4.79 Å². The van der Waals surface area contributed by atoms with E-state index in [1.807, 2.05) is 4.90 Å². The van der Waals surface area contributed by atoms with Gasteiger partial charge in [-0.05, 0) is 62.3 Å². The van der Waals surface area contributed by atoms with Crippen molar-refractivity contribution in [3.05, 3.63) is 29.8 Å². The van der Waals surface area contributed by atoms with E-state index in [4.69, 9.17) is 5.11 Å². The van der Waals surface area contributed by atoms with Crippen LogP contribution < -0.4 is 0 Å². The molecule has 1 atom stereocenters. The summed E-state index contributed by atoms with van der Waals surface area (Å²) < 4.78 is 27.4. The quantitative estimate of drug-likeness (QED) is 0.785. The zero-order valence-corrected chi connectivity index (χ0v) is 17.5. The van der Waals surface area contributed by atoms with Crippen LogP contribution in [-0.4, -0.2) is 61.4 Å². The van der Waals surface area contributed by atoms with E-state index in [-0.39, 0.29) is 23.5 Å². The molecule has 2 fully saturated rings. The van der Waals surface area contributed by atoms with Crippen molar-refractivity contribution in [3.8, 4) is 0 Å². The van der Waals surface area contributed by atoms with Crippen LogP contribution in [0.25, 0.3) is 0 Å². The van der Waals surface area contributed by atoms with Gasteiger partial charge < -0.3 is 10.0 Å². The normalized spacial score (nSPS) is 21.8. The fourth-order valence-corrected chi connectivity index (χ4v) is 5.84. The fourth-order valence-electron chi connectivity index (χ4n) is 4.43. The summed E-state index contributed by atoms with van der Waals surface area (Å²) in [6, 6.07) is 6.42. The molecule has 0 bridgehead atoms. The molecule has 1 aliphatic heterocycles. The Hall–Kier alpha value is -1.44. The molecule has 3 rings (SSSR count). The van der Waals surface area contributed by atoms with Crippen molar-refractivity contribution in [1.29, 1.82) is 0 Å². The van der Waals surface area contributed by atoms with Gasteiger partial charge in [0.05, 0.1) is 4.90 Å². The van der Waals surface area contributed by atoms with Crippen LogP contribution in [0.5, 0.6) is 0 Å². The Kier molecular flexibility index (Phi) is 7.12. The van der Waals surface area contributed by atoms with Crippen molar-refractivity contribution in [3.63, 3.8) is 0 Å². The number of amides is 1. The number of hydrogen-bond donors (Lipinski definition) is 1. The van der Waals surface area contributed by atoms with E-state index >= 15 is 0 Å². The average molecular weight is 409 g/mol. The van der Waals surface area contributed by atoms with Gasteiger partial charge in [-0.25, -0.2) is 8.42 Å². The predicted molar refractivity (Wildman–Crippen MR) is 109 cm³/mol. The number of rotatable bonds is 6. The molecule has 1 aromatic carbocycles. The van der Waals surface area contributed by atoms with Gasteiger partial charge in [0.1, 0.15) is 0 Å². The van der Waals surface area contributed by atoms with E-state index in [2.05, 4.69) is 0 Å². The second kappa shape index (κ2) is 9.37. The molecular weight excluding hydrogens is 376 g/mol. The topological polar surface area (TPSA) is 77.9 Å². The lowest BCUT2D eigenvalue weighted by molar-refractivity contribution is 0.0653. The number of nitrogens with zero attached hydrogens (tertiary/aromatic N) is 2. The summed E-state index contributed by atoms with van der Waals surface area (Å²) in [7, 11) is -1.88. The molecule has 6 nitrogen and oxygen atoms in total. The van der Waals surface area contributed by atoms with E-state index in [0.29, 0.717) is 31.0 Å². The lowest BCUT2D eigenvalue weighted by Crippen LogP contribution is -2.40. The van der Waals surface area contributed by atoms with Gasteiger partial charge in [-0.2, -0.15) is 4.31 Å². The van der Waals surface area contributed by atoms with Crippen LogP contribution >= 0.6 is 0 Å². The third-order valence-electron chi connectivity index (χ3n) is 6.21. The van der Waals surface area contributed by atoms with Crippen molar-refractivity contribution in [2.75, 3.05) is 26.7 Å². The Labute approximate surface area is 168 Å². The zero-order valence-electron chi connectivity index (χ0n) is 16.7. The first-order valence-electron chi connectivity index (χ1n) is 10.4. The first kappa shape index (κ1) is 21.3. The number of aliphatic hydroxyl groups is 1. The SMILES string of the molecule is CN(C1CCCCC1)S(=O)(=O)c1ccc(C(=O)N2CCC[C@@H](CCO)C2)cc1. The number of hydrogen-bond acceptors (Lipinski definition) is 4. The maximum absolute atomic E-state index is 12.9. The van der Waals surface area contributed by atoms with Crippen LogP contribution in [-0.2, 0) is 10.0 Å². The molecule has 1 saturated heterocycles. The van der Waals surface area contributed by atoms with E-state index in [0.717, 1.165) is 38.5 Å². The fraction of sp³-hybridized carbons (Fsp3) is 0.667. The Morgan fingerprint density at radius 3 is 2.43 bits per heavy atom. The number of carbonyl (C=O) groups excluding carboxylic acids is 1. The maximum atomic E-state index is 12.9. The van der Waals surface area contributed by atoms with Gasteiger partial charge in [0.25, 0.3) is 5.91 Å². The Bertz CT molecular complexity index is 755. The molecule has 1 heterocycles. The van der Waals surface area contributed by atoms with E-state index in [9.17, 15) is 13.2 Å². The molecule has 0 radical (unpaired) electrons. The number of likely N-dealkylation sites (tertiary alicyclic amines) is 1. The minimum absolute atomic E-state index is 0.0628. The van der Waals surface area contributed by atoms with Crippen molar-refractivity contribution in [1.82, 2.24) is 9.21 Å². The number of benzene rings is 1. The van der Waals surface area contributed by atoms with Gasteiger partial charge in [0.15, 0.2) is 0 Å². The third-order valence-corrected chi connectivity index (χ3v) is 8.14.